The Kier molecular flexibility index (Phi) is 4.98. The number of carbonyl (C=O) groups is 1. The van der Waals surface area contributed by atoms with Crippen LogP contribution in [0.5, 0.6) is 0 Å². The number of halogens is 4. The molecule has 1 aliphatic heterocycles. The van der Waals surface area contributed by atoms with E-state index in [9.17, 15) is 23.1 Å². The third-order valence-corrected chi connectivity index (χ3v) is 4.92. The fourth-order valence-electron chi connectivity index (χ4n) is 3.17. The molecule has 0 bridgehead atoms. The van der Waals surface area contributed by atoms with Crippen LogP contribution < -0.4 is 5.32 Å². The maximum atomic E-state index is 14.3. The molecule has 0 saturated heterocycles. The standard InChI is InChI=1S/C18H16BrF3N2O2/c19-13-5-7-14(8-6-13)23-17(18(20,21)22)11-12-3-1-2-4-15(12)16(26)24(17)9-10-25/h1-8,23,25H,9-11H2. The zero-order valence-corrected chi connectivity index (χ0v) is 15.1. The number of hydrogen-bond acceptors (Lipinski definition) is 3. The Labute approximate surface area is 156 Å². The number of alkyl halides is 3. The van der Waals surface area contributed by atoms with Crippen molar-refractivity contribution in [1.82, 2.24) is 4.90 Å². The summed E-state index contributed by atoms with van der Waals surface area (Å²) in [7, 11) is 0. The van der Waals surface area contributed by atoms with Gasteiger partial charge in [-0.3, -0.25) is 4.79 Å². The Hall–Kier alpha value is -2.06. The van der Waals surface area contributed by atoms with E-state index in [0.29, 0.717) is 10.5 Å². The Morgan fingerprint density at radius 1 is 1.15 bits per heavy atom. The van der Waals surface area contributed by atoms with Gasteiger partial charge in [-0.1, -0.05) is 34.1 Å². The smallest absolute Gasteiger partial charge is 0.395 e. The van der Waals surface area contributed by atoms with Crippen LogP contribution in [-0.4, -0.2) is 40.9 Å². The minimum Gasteiger partial charge on any atom is -0.395 e. The topological polar surface area (TPSA) is 52.6 Å². The first kappa shape index (κ1) is 18.7. The lowest BCUT2D eigenvalue weighted by Crippen LogP contribution is -2.69. The highest BCUT2D eigenvalue weighted by atomic mass is 79.9. The highest BCUT2D eigenvalue weighted by Crippen LogP contribution is 2.43. The van der Waals surface area contributed by atoms with Crippen molar-refractivity contribution in [3.63, 3.8) is 0 Å². The second kappa shape index (κ2) is 6.92. The number of β-amino-alcohol motifs (C(OH)–C–C–N with tert-alkyl or cyclic N) is 1. The summed E-state index contributed by atoms with van der Waals surface area (Å²) < 4.78 is 43.5. The second-order valence-electron chi connectivity index (χ2n) is 6.00. The number of aliphatic hydroxyl groups excluding tert-OH is 1. The summed E-state index contributed by atoms with van der Waals surface area (Å²) in [5, 5.41) is 11.8. The Morgan fingerprint density at radius 2 is 1.81 bits per heavy atom. The number of nitrogens with zero attached hydrogens (tertiary/aromatic N) is 1. The van der Waals surface area contributed by atoms with Gasteiger partial charge < -0.3 is 15.3 Å². The van der Waals surface area contributed by atoms with Gasteiger partial charge in [-0.15, -0.1) is 0 Å². The van der Waals surface area contributed by atoms with Crippen LogP contribution in [0.15, 0.2) is 53.0 Å². The molecule has 1 amide bonds. The Bertz CT molecular complexity index is 811. The predicted molar refractivity (Wildman–Crippen MR) is 94.8 cm³/mol. The Morgan fingerprint density at radius 3 is 2.42 bits per heavy atom. The van der Waals surface area contributed by atoms with Crippen LogP contribution in [-0.2, 0) is 6.42 Å². The molecule has 4 nitrogen and oxygen atoms in total. The molecule has 0 fully saturated rings. The van der Waals surface area contributed by atoms with Crippen LogP contribution in [0.25, 0.3) is 0 Å². The number of nitrogens with one attached hydrogen (secondary N) is 1. The zero-order valence-electron chi connectivity index (χ0n) is 13.6. The first-order chi connectivity index (χ1) is 12.3. The number of amides is 1. The molecular formula is C18H16BrF3N2O2. The number of fused-ring (bicyclic) bond motifs is 1. The monoisotopic (exact) mass is 428 g/mol. The molecule has 0 radical (unpaired) electrons. The molecule has 0 spiro atoms. The van der Waals surface area contributed by atoms with Crippen molar-refractivity contribution >= 4 is 27.5 Å². The average molecular weight is 429 g/mol. The lowest BCUT2D eigenvalue weighted by atomic mass is 9.87. The fraction of sp³-hybridized carbons (Fsp3) is 0.278. The molecule has 8 heteroatoms. The van der Waals surface area contributed by atoms with E-state index >= 15 is 0 Å². The summed E-state index contributed by atoms with van der Waals surface area (Å²) in [6.07, 6.45) is -5.22. The van der Waals surface area contributed by atoms with Crippen LogP contribution in [0.3, 0.4) is 0 Å². The number of anilines is 1. The third-order valence-electron chi connectivity index (χ3n) is 4.39. The molecule has 1 unspecified atom stereocenters. The van der Waals surface area contributed by atoms with Gasteiger partial charge in [-0.25, -0.2) is 0 Å². The minimum absolute atomic E-state index is 0.221. The van der Waals surface area contributed by atoms with Crippen LogP contribution in [0.2, 0.25) is 0 Å². The van der Waals surface area contributed by atoms with Crippen LogP contribution in [0.1, 0.15) is 15.9 Å². The maximum Gasteiger partial charge on any atom is 0.430 e. The molecule has 3 rings (SSSR count). The maximum absolute atomic E-state index is 14.3. The molecule has 2 aromatic rings. The van der Waals surface area contributed by atoms with E-state index < -0.39 is 37.3 Å². The van der Waals surface area contributed by atoms with Gasteiger partial charge in [0.25, 0.3) is 5.91 Å². The highest BCUT2D eigenvalue weighted by Gasteiger charge is 2.62. The van der Waals surface area contributed by atoms with Crippen molar-refractivity contribution in [2.45, 2.75) is 18.3 Å². The molecule has 138 valence electrons. The van der Waals surface area contributed by atoms with E-state index in [1.807, 2.05) is 0 Å². The van der Waals surface area contributed by atoms with E-state index in [1.54, 1.807) is 24.3 Å². The number of aliphatic hydroxyl groups is 1. The van der Waals surface area contributed by atoms with Gasteiger partial charge in [-0.05, 0) is 35.9 Å². The number of carbonyl (C=O) groups excluding carboxylic acids is 1. The van der Waals surface area contributed by atoms with E-state index in [0.717, 1.165) is 4.47 Å². The molecule has 1 atom stereocenters. The summed E-state index contributed by atoms with van der Waals surface area (Å²) in [5.74, 6) is -0.761. The first-order valence-electron chi connectivity index (χ1n) is 7.90. The quantitative estimate of drug-likeness (QED) is 0.778. The van der Waals surface area contributed by atoms with Crippen LogP contribution in [0.4, 0.5) is 18.9 Å². The van der Waals surface area contributed by atoms with Crippen molar-refractivity contribution in [3.8, 4) is 0 Å². The lowest BCUT2D eigenvalue weighted by molar-refractivity contribution is -0.216. The average Bonchev–Trinajstić information content (AvgIpc) is 2.59. The van der Waals surface area contributed by atoms with Crippen molar-refractivity contribution in [3.05, 3.63) is 64.1 Å². The van der Waals surface area contributed by atoms with Crippen LogP contribution in [0, 0.1) is 0 Å². The summed E-state index contributed by atoms with van der Waals surface area (Å²) >= 11 is 3.24. The zero-order chi connectivity index (χ0) is 18.9. The Balaban J connectivity index is 2.14. The van der Waals surface area contributed by atoms with Gasteiger partial charge in [-0.2, -0.15) is 13.2 Å². The van der Waals surface area contributed by atoms with Gasteiger partial charge >= 0.3 is 6.18 Å². The molecule has 1 heterocycles. The molecular weight excluding hydrogens is 413 g/mol. The summed E-state index contributed by atoms with van der Waals surface area (Å²) in [6.45, 7) is -1.01. The van der Waals surface area contributed by atoms with E-state index in [-0.39, 0.29) is 11.3 Å². The summed E-state index contributed by atoms with van der Waals surface area (Å²) in [6, 6.07) is 12.5. The predicted octanol–water partition coefficient (Wildman–Crippen LogP) is 3.81. The molecule has 2 N–H and O–H groups in total. The van der Waals surface area contributed by atoms with Crippen molar-refractivity contribution in [2.24, 2.45) is 0 Å². The first-order valence-corrected chi connectivity index (χ1v) is 8.69. The SMILES string of the molecule is O=C1c2ccccc2CC(Nc2ccc(Br)cc2)(C(F)(F)F)N1CCO. The van der Waals surface area contributed by atoms with Gasteiger partial charge in [0.05, 0.1) is 6.61 Å². The van der Waals surface area contributed by atoms with Crippen molar-refractivity contribution in [1.29, 1.82) is 0 Å². The van der Waals surface area contributed by atoms with E-state index in [4.69, 9.17) is 0 Å². The second-order valence-corrected chi connectivity index (χ2v) is 6.92. The van der Waals surface area contributed by atoms with Crippen molar-refractivity contribution in [2.75, 3.05) is 18.5 Å². The van der Waals surface area contributed by atoms with E-state index in [2.05, 4.69) is 21.2 Å². The number of hydrogen-bond donors (Lipinski definition) is 2. The van der Waals surface area contributed by atoms with Gasteiger partial charge in [0.1, 0.15) is 0 Å². The highest BCUT2D eigenvalue weighted by molar-refractivity contribution is 9.10. The fourth-order valence-corrected chi connectivity index (χ4v) is 3.44. The van der Waals surface area contributed by atoms with Gasteiger partial charge in [0, 0.05) is 28.7 Å². The molecule has 1 aliphatic rings. The molecule has 0 aliphatic carbocycles. The summed E-state index contributed by atoms with van der Waals surface area (Å²) in [4.78, 5) is 13.5. The molecule has 0 aromatic heterocycles. The largest absolute Gasteiger partial charge is 0.430 e. The minimum atomic E-state index is -4.77. The van der Waals surface area contributed by atoms with E-state index in [1.165, 1.54) is 24.3 Å². The van der Waals surface area contributed by atoms with Crippen molar-refractivity contribution < 1.29 is 23.1 Å². The number of benzene rings is 2. The normalized spacial score (nSPS) is 20.0. The van der Waals surface area contributed by atoms with Gasteiger partial charge in [0.2, 0.25) is 5.66 Å². The molecule has 0 saturated carbocycles. The van der Waals surface area contributed by atoms with Gasteiger partial charge in [0.15, 0.2) is 0 Å². The third kappa shape index (κ3) is 3.19. The molecule has 26 heavy (non-hydrogen) atoms. The lowest BCUT2D eigenvalue weighted by Gasteiger charge is -2.48. The molecule has 2 aromatic carbocycles. The summed E-state index contributed by atoms with van der Waals surface area (Å²) in [5.41, 5.74) is -1.89. The van der Waals surface area contributed by atoms with Crippen LogP contribution >= 0.6 is 15.9 Å². The number of rotatable bonds is 4.